The quantitative estimate of drug-likeness (QED) is 0.869. The molecular weight excluding hydrogens is 264 g/mol. The lowest BCUT2D eigenvalue weighted by atomic mass is 10.1. The number of nitrogens with one attached hydrogen (secondary N) is 2. The van der Waals surface area contributed by atoms with Gasteiger partial charge in [-0.1, -0.05) is 13.0 Å². The molecule has 0 spiro atoms. The van der Waals surface area contributed by atoms with Gasteiger partial charge >= 0.3 is 0 Å². The van der Waals surface area contributed by atoms with E-state index in [9.17, 15) is 4.79 Å². The average molecular weight is 285 g/mol. The number of carbonyl (C=O) groups excluding carboxylic acids is 1. The molecule has 1 aromatic rings. The van der Waals surface area contributed by atoms with Gasteiger partial charge in [0.1, 0.15) is 5.75 Å². The van der Waals surface area contributed by atoms with Gasteiger partial charge in [-0.25, -0.2) is 0 Å². The van der Waals surface area contributed by atoms with Gasteiger partial charge in [-0.15, -0.1) is 12.4 Å². The van der Waals surface area contributed by atoms with Crippen molar-refractivity contribution in [3.8, 4) is 5.75 Å². The lowest BCUT2D eigenvalue weighted by Crippen LogP contribution is -2.36. The molecule has 1 heterocycles. The van der Waals surface area contributed by atoms with Gasteiger partial charge in [-0.05, 0) is 37.6 Å². The van der Waals surface area contributed by atoms with Crippen LogP contribution in [0.5, 0.6) is 5.75 Å². The van der Waals surface area contributed by atoms with E-state index in [1.54, 1.807) is 6.07 Å². The minimum absolute atomic E-state index is 0. The molecule has 2 rings (SSSR count). The molecule has 0 saturated carbocycles. The fourth-order valence-electron chi connectivity index (χ4n) is 1.99. The predicted octanol–water partition coefficient (Wildman–Crippen LogP) is 1.99. The van der Waals surface area contributed by atoms with Gasteiger partial charge in [-0.3, -0.25) is 4.79 Å². The van der Waals surface area contributed by atoms with Gasteiger partial charge in [-0.2, -0.15) is 0 Å². The maximum Gasteiger partial charge on any atom is 0.251 e. The Balaban J connectivity index is 0.00000180. The number of rotatable bonds is 5. The van der Waals surface area contributed by atoms with E-state index in [0.717, 1.165) is 31.7 Å². The average Bonchev–Trinajstić information content (AvgIpc) is 2.89. The Kier molecular flexibility index (Phi) is 6.67. The molecule has 0 aliphatic carbocycles. The first-order chi connectivity index (χ1) is 8.79. The van der Waals surface area contributed by atoms with E-state index in [4.69, 9.17) is 4.74 Å². The molecule has 4 nitrogen and oxygen atoms in total. The predicted molar refractivity (Wildman–Crippen MR) is 78.2 cm³/mol. The van der Waals surface area contributed by atoms with Crippen LogP contribution < -0.4 is 15.4 Å². The summed E-state index contributed by atoms with van der Waals surface area (Å²) in [6.07, 6.45) is 1.96. The number of amides is 1. The van der Waals surface area contributed by atoms with E-state index >= 15 is 0 Å². The zero-order valence-corrected chi connectivity index (χ0v) is 12.0. The number of carbonyl (C=O) groups is 1. The maximum atomic E-state index is 12.0. The Hall–Kier alpha value is -1.26. The van der Waals surface area contributed by atoms with E-state index in [-0.39, 0.29) is 24.4 Å². The van der Waals surface area contributed by atoms with Crippen molar-refractivity contribution in [1.29, 1.82) is 0 Å². The first-order valence-electron chi connectivity index (χ1n) is 6.54. The molecule has 1 aliphatic heterocycles. The van der Waals surface area contributed by atoms with E-state index in [2.05, 4.69) is 17.6 Å². The molecule has 1 atom stereocenters. The highest BCUT2D eigenvalue weighted by molar-refractivity contribution is 5.94. The van der Waals surface area contributed by atoms with Crippen LogP contribution in [0.4, 0.5) is 0 Å². The number of hydrogen-bond acceptors (Lipinski definition) is 3. The number of hydrogen-bond donors (Lipinski definition) is 2. The van der Waals surface area contributed by atoms with Crippen molar-refractivity contribution in [3.63, 3.8) is 0 Å². The Bertz CT molecular complexity index is 406. The summed E-state index contributed by atoms with van der Waals surface area (Å²) in [5.74, 6) is 0.736. The molecule has 0 radical (unpaired) electrons. The molecule has 106 valence electrons. The van der Waals surface area contributed by atoms with Crippen LogP contribution >= 0.6 is 12.4 Å². The number of ether oxygens (including phenoxy) is 1. The van der Waals surface area contributed by atoms with Crippen molar-refractivity contribution in [2.24, 2.45) is 0 Å². The maximum absolute atomic E-state index is 12.0. The van der Waals surface area contributed by atoms with Crippen LogP contribution in [0.15, 0.2) is 24.3 Å². The second kappa shape index (κ2) is 8.02. The Morgan fingerprint density at radius 3 is 3.05 bits per heavy atom. The van der Waals surface area contributed by atoms with Gasteiger partial charge in [0.2, 0.25) is 0 Å². The molecule has 1 unspecified atom stereocenters. The van der Waals surface area contributed by atoms with E-state index < -0.39 is 0 Å². The molecule has 0 aromatic heterocycles. The summed E-state index contributed by atoms with van der Waals surface area (Å²) in [4.78, 5) is 12.0. The van der Waals surface area contributed by atoms with Crippen LogP contribution in [-0.2, 0) is 0 Å². The van der Waals surface area contributed by atoms with Crippen molar-refractivity contribution in [1.82, 2.24) is 10.6 Å². The second-order valence-electron chi connectivity index (χ2n) is 4.54. The summed E-state index contributed by atoms with van der Waals surface area (Å²) in [6, 6.07) is 7.60. The Labute approximate surface area is 120 Å². The highest BCUT2D eigenvalue weighted by Crippen LogP contribution is 2.14. The van der Waals surface area contributed by atoms with Crippen molar-refractivity contribution >= 4 is 18.3 Å². The van der Waals surface area contributed by atoms with E-state index in [1.807, 2.05) is 18.2 Å². The molecular formula is C14H21ClN2O2. The van der Waals surface area contributed by atoms with Crippen molar-refractivity contribution in [3.05, 3.63) is 29.8 Å². The molecule has 0 bridgehead atoms. The molecule has 5 heteroatoms. The van der Waals surface area contributed by atoms with Crippen molar-refractivity contribution in [2.75, 3.05) is 19.7 Å². The molecule has 1 amide bonds. The lowest BCUT2D eigenvalue weighted by molar-refractivity contribution is 0.0939. The third kappa shape index (κ3) is 4.73. The van der Waals surface area contributed by atoms with Crippen LogP contribution in [-0.4, -0.2) is 31.6 Å². The van der Waals surface area contributed by atoms with Gasteiger partial charge in [0, 0.05) is 18.2 Å². The summed E-state index contributed by atoms with van der Waals surface area (Å²) in [5, 5.41) is 6.25. The highest BCUT2D eigenvalue weighted by Gasteiger charge is 2.17. The monoisotopic (exact) mass is 284 g/mol. The molecule has 1 aliphatic rings. The minimum atomic E-state index is -0.0225. The number of halogens is 1. The van der Waals surface area contributed by atoms with E-state index in [0.29, 0.717) is 12.2 Å². The van der Waals surface area contributed by atoms with Crippen LogP contribution in [0.3, 0.4) is 0 Å². The largest absolute Gasteiger partial charge is 0.494 e. The SMILES string of the molecule is CCCOc1cccc(C(=O)NC2CCNC2)c1.Cl. The standard InChI is InChI=1S/C14H20N2O2.ClH/c1-2-8-18-13-5-3-4-11(9-13)14(17)16-12-6-7-15-10-12;/h3-5,9,12,15H,2,6-8,10H2,1H3,(H,16,17);1H. The number of benzene rings is 1. The molecule has 19 heavy (non-hydrogen) atoms. The van der Waals surface area contributed by atoms with Gasteiger partial charge < -0.3 is 15.4 Å². The molecule has 1 saturated heterocycles. The lowest BCUT2D eigenvalue weighted by Gasteiger charge is -2.12. The van der Waals surface area contributed by atoms with Gasteiger partial charge in [0.15, 0.2) is 0 Å². The minimum Gasteiger partial charge on any atom is -0.494 e. The summed E-state index contributed by atoms with van der Waals surface area (Å²) < 4.78 is 5.52. The van der Waals surface area contributed by atoms with Gasteiger partial charge in [0.05, 0.1) is 6.61 Å². The van der Waals surface area contributed by atoms with Crippen LogP contribution in [0.2, 0.25) is 0 Å². The van der Waals surface area contributed by atoms with Crippen LogP contribution in [0.1, 0.15) is 30.1 Å². The Morgan fingerprint density at radius 1 is 1.53 bits per heavy atom. The zero-order chi connectivity index (χ0) is 12.8. The van der Waals surface area contributed by atoms with Crippen LogP contribution in [0, 0.1) is 0 Å². The Morgan fingerprint density at radius 2 is 2.37 bits per heavy atom. The van der Waals surface area contributed by atoms with Crippen LogP contribution in [0.25, 0.3) is 0 Å². The first-order valence-corrected chi connectivity index (χ1v) is 6.54. The fraction of sp³-hybridized carbons (Fsp3) is 0.500. The van der Waals surface area contributed by atoms with Crippen molar-refractivity contribution in [2.45, 2.75) is 25.8 Å². The first kappa shape index (κ1) is 15.8. The summed E-state index contributed by atoms with van der Waals surface area (Å²) >= 11 is 0. The van der Waals surface area contributed by atoms with E-state index in [1.165, 1.54) is 0 Å². The van der Waals surface area contributed by atoms with Gasteiger partial charge in [0.25, 0.3) is 5.91 Å². The summed E-state index contributed by atoms with van der Waals surface area (Å²) in [6.45, 7) is 4.57. The molecule has 2 N–H and O–H groups in total. The molecule has 1 fully saturated rings. The third-order valence-corrected chi connectivity index (χ3v) is 2.96. The topological polar surface area (TPSA) is 50.4 Å². The molecule has 1 aromatic carbocycles. The highest BCUT2D eigenvalue weighted by atomic mass is 35.5. The summed E-state index contributed by atoms with van der Waals surface area (Å²) in [7, 11) is 0. The van der Waals surface area contributed by atoms with Crippen molar-refractivity contribution < 1.29 is 9.53 Å². The third-order valence-electron chi connectivity index (χ3n) is 2.96. The summed E-state index contributed by atoms with van der Waals surface area (Å²) in [5.41, 5.74) is 0.663. The normalized spacial score (nSPS) is 17.6. The smallest absolute Gasteiger partial charge is 0.251 e. The fourth-order valence-corrected chi connectivity index (χ4v) is 1.99. The zero-order valence-electron chi connectivity index (χ0n) is 11.1. The second-order valence-corrected chi connectivity index (χ2v) is 4.54.